The second-order valence-corrected chi connectivity index (χ2v) is 5.25. The first-order valence-electron chi connectivity index (χ1n) is 5.98. The summed E-state index contributed by atoms with van der Waals surface area (Å²) >= 11 is 1.64. The quantitative estimate of drug-likeness (QED) is 0.746. The standard InChI is InChI=1S/C14H11N3O2S/c18-14(19)12-6-13-15-7-11(8-17(13)16-12)20-9-10-4-2-1-3-5-10/h1-8H,9H2,(H,18,19). The van der Waals surface area contributed by atoms with Gasteiger partial charge in [0.2, 0.25) is 0 Å². The monoisotopic (exact) mass is 285 g/mol. The van der Waals surface area contributed by atoms with E-state index in [0.717, 1.165) is 10.6 Å². The van der Waals surface area contributed by atoms with Crippen molar-refractivity contribution in [2.75, 3.05) is 0 Å². The van der Waals surface area contributed by atoms with Crippen molar-refractivity contribution in [3.05, 3.63) is 60.0 Å². The van der Waals surface area contributed by atoms with Gasteiger partial charge >= 0.3 is 5.97 Å². The highest BCUT2D eigenvalue weighted by atomic mass is 32.2. The van der Waals surface area contributed by atoms with Gasteiger partial charge in [-0.15, -0.1) is 11.8 Å². The van der Waals surface area contributed by atoms with Gasteiger partial charge in [-0.05, 0) is 5.56 Å². The molecule has 0 aliphatic heterocycles. The van der Waals surface area contributed by atoms with Crippen LogP contribution in [0.2, 0.25) is 0 Å². The summed E-state index contributed by atoms with van der Waals surface area (Å²) in [6.45, 7) is 0. The van der Waals surface area contributed by atoms with Crippen LogP contribution in [0.4, 0.5) is 0 Å². The van der Waals surface area contributed by atoms with Crippen molar-refractivity contribution in [1.29, 1.82) is 0 Å². The van der Waals surface area contributed by atoms with Crippen molar-refractivity contribution < 1.29 is 9.90 Å². The maximum absolute atomic E-state index is 10.9. The molecule has 1 aromatic carbocycles. The summed E-state index contributed by atoms with van der Waals surface area (Å²) < 4.78 is 1.50. The number of hydrogen-bond donors (Lipinski definition) is 1. The van der Waals surface area contributed by atoms with Gasteiger partial charge in [-0.1, -0.05) is 30.3 Å². The van der Waals surface area contributed by atoms with Crippen molar-refractivity contribution in [3.63, 3.8) is 0 Å². The van der Waals surface area contributed by atoms with Crippen molar-refractivity contribution in [2.45, 2.75) is 10.6 Å². The molecule has 0 aliphatic carbocycles. The second kappa shape index (κ2) is 5.34. The first kappa shape index (κ1) is 12.7. The second-order valence-electron chi connectivity index (χ2n) is 4.20. The van der Waals surface area contributed by atoms with Crippen LogP contribution in [0.1, 0.15) is 16.1 Å². The molecule has 100 valence electrons. The summed E-state index contributed by atoms with van der Waals surface area (Å²) in [5, 5.41) is 12.9. The number of aromatic nitrogens is 3. The van der Waals surface area contributed by atoms with Crippen LogP contribution in [-0.4, -0.2) is 25.7 Å². The minimum absolute atomic E-state index is 0.00251. The Morgan fingerprint density at radius 1 is 1.30 bits per heavy atom. The highest BCUT2D eigenvalue weighted by molar-refractivity contribution is 7.98. The molecule has 0 saturated carbocycles. The van der Waals surface area contributed by atoms with E-state index in [1.807, 2.05) is 18.2 Å². The Kier molecular flexibility index (Phi) is 3.39. The summed E-state index contributed by atoms with van der Waals surface area (Å²) in [5.41, 5.74) is 1.76. The molecule has 1 N–H and O–H groups in total. The van der Waals surface area contributed by atoms with Crippen molar-refractivity contribution in [1.82, 2.24) is 14.6 Å². The lowest BCUT2D eigenvalue weighted by molar-refractivity contribution is 0.0690. The van der Waals surface area contributed by atoms with E-state index in [4.69, 9.17) is 5.11 Å². The van der Waals surface area contributed by atoms with E-state index in [9.17, 15) is 4.79 Å². The SMILES string of the molecule is O=C(O)c1cc2ncc(SCc3ccccc3)cn2n1. The number of nitrogens with zero attached hydrogens (tertiary/aromatic N) is 3. The number of rotatable bonds is 4. The maximum atomic E-state index is 10.9. The molecule has 3 rings (SSSR count). The van der Waals surface area contributed by atoms with Gasteiger partial charge in [0.1, 0.15) is 0 Å². The smallest absolute Gasteiger partial charge is 0.356 e. The van der Waals surface area contributed by atoms with Crippen LogP contribution in [0.5, 0.6) is 0 Å². The fourth-order valence-electron chi connectivity index (χ4n) is 1.78. The van der Waals surface area contributed by atoms with Gasteiger partial charge in [-0.25, -0.2) is 14.3 Å². The van der Waals surface area contributed by atoms with Gasteiger partial charge in [0, 0.05) is 29.1 Å². The third-order valence-corrected chi connectivity index (χ3v) is 3.78. The Labute approximate surface area is 119 Å². The van der Waals surface area contributed by atoms with Gasteiger partial charge in [0.25, 0.3) is 0 Å². The molecule has 0 spiro atoms. The molecule has 2 aromatic heterocycles. The molecule has 0 amide bonds. The highest BCUT2D eigenvalue weighted by Gasteiger charge is 2.09. The topological polar surface area (TPSA) is 67.5 Å². The molecule has 0 unspecified atom stereocenters. The summed E-state index contributed by atoms with van der Waals surface area (Å²) in [6, 6.07) is 11.6. The van der Waals surface area contributed by atoms with E-state index in [-0.39, 0.29) is 5.69 Å². The molecule has 20 heavy (non-hydrogen) atoms. The number of fused-ring (bicyclic) bond motifs is 1. The molecule has 6 heteroatoms. The number of carboxylic acids is 1. The average Bonchev–Trinajstić information content (AvgIpc) is 2.89. The predicted molar refractivity (Wildman–Crippen MR) is 75.9 cm³/mol. The molecule has 0 aliphatic rings. The fraction of sp³-hybridized carbons (Fsp3) is 0.0714. The molecular formula is C14H11N3O2S. The minimum atomic E-state index is -1.05. The molecule has 2 heterocycles. The Hall–Kier alpha value is -2.34. The van der Waals surface area contributed by atoms with Gasteiger partial charge in [0.15, 0.2) is 11.3 Å². The third-order valence-electron chi connectivity index (χ3n) is 2.76. The van der Waals surface area contributed by atoms with Crippen LogP contribution < -0.4 is 0 Å². The molecule has 0 fully saturated rings. The van der Waals surface area contributed by atoms with Crippen molar-refractivity contribution >= 4 is 23.4 Å². The summed E-state index contributed by atoms with van der Waals surface area (Å²) in [7, 11) is 0. The first-order chi connectivity index (χ1) is 9.72. The van der Waals surface area contributed by atoms with E-state index in [2.05, 4.69) is 22.2 Å². The number of thioether (sulfide) groups is 1. The van der Waals surface area contributed by atoms with E-state index >= 15 is 0 Å². The van der Waals surface area contributed by atoms with Crippen molar-refractivity contribution in [2.24, 2.45) is 0 Å². The maximum Gasteiger partial charge on any atom is 0.356 e. The summed E-state index contributed by atoms with van der Waals surface area (Å²) in [4.78, 5) is 16.0. The fourth-order valence-corrected chi connectivity index (χ4v) is 2.61. The third kappa shape index (κ3) is 2.65. The Balaban J connectivity index is 1.80. The predicted octanol–water partition coefficient (Wildman–Crippen LogP) is 2.72. The Bertz CT molecular complexity index is 755. The van der Waals surface area contributed by atoms with Gasteiger partial charge in [-0.2, -0.15) is 5.10 Å². The summed E-state index contributed by atoms with van der Waals surface area (Å²) in [6.07, 6.45) is 3.53. The lowest BCUT2D eigenvalue weighted by atomic mass is 10.2. The highest BCUT2D eigenvalue weighted by Crippen LogP contribution is 2.22. The first-order valence-corrected chi connectivity index (χ1v) is 6.96. The van der Waals surface area contributed by atoms with Gasteiger partial charge in [0.05, 0.1) is 0 Å². The number of carbonyl (C=O) groups is 1. The lowest BCUT2D eigenvalue weighted by Gasteiger charge is -2.02. The Morgan fingerprint density at radius 3 is 2.85 bits per heavy atom. The van der Waals surface area contributed by atoms with Crippen LogP contribution in [0.15, 0.2) is 53.7 Å². The summed E-state index contributed by atoms with van der Waals surface area (Å²) in [5.74, 6) is -0.213. The number of aromatic carboxylic acids is 1. The Morgan fingerprint density at radius 2 is 2.10 bits per heavy atom. The molecule has 0 saturated heterocycles. The van der Waals surface area contributed by atoms with Crippen molar-refractivity contribution in [3.8, 4) is 0 Å². The van der Waals surface area contributed by atoms with Gasteiger partial charge < -0.3 is 5.11 Å². The number of benzene rings is 1. The zero-order valence-electron chi connectivity index (χ0n) is 10.4. The minimum Gasteiger partial charge on any atom is -0.476 e. The molecular weight excluding hydrogens is 274 g/mol. The zero-order chi connectivity index (χ0) is 13.9. The van der Waals surface area contributed by atoms with Crippen LogP contribution >= 0.6 is 11.8 Å². The number of hydrogen-bond acceptors (Lipinski definition) is 4. The molecule has 0 atom stereocenters. The van der Waals surface area contributed by atoms with Crippen LogP contribution in [-0.2, 0) is 5.75 Å². The van der Waals surface area contributed by atoms with E-state index in [1.165, 1.54) is 16.1 Å². The van der Waals surface area contributed by atoms with E-state index in [1.54, 1.807) is 24.2 Å². The van der Waals surface area contributed by atoms with Gasteiger partial charge in [-0.3, -0.25) is 0 Å². The normalized spacial score (nSPS) is 10.8. The molecule has 3 aromatic rings. The van der Waals surface area contributed by atoms with Crippen LogP contribution in [0.25, 0.3) is 5.65 Å². The van der Waals surface area contributed by atoms with E-state index in [0.29, 0.717) is 5.65 Å². The van der Waals surface area contributed by atoms with Crippen LogP contribution in [0, 0.1) is 0 Å². The average molecular weight is 285 g/mol. The van der Waals surface area contributed by atoms with E-state index < -0.39 is 5.97 Å². The number of carboxylic acid groups (broad SMARTS) is 1. The van der Waals surface area contributed by atoms with Crippen LogP contribution in [0.3, 0.4) is 0 Å². The zero-order valence-corrected chi connectivity index (χ0v) is 11.2. The molecule has 0 bridgehead atoms. The molecule has 5 nitrogen and oxygen atoms in total. The largest absolute Gasteiger partial charge is 0.476 e. The molecule has 0 radical (unpaired) electrons. The lowest BCUT2D eigenvalue weighted by Crippen LogP contribution is -1.97.